The summed E-state index contributed by atoms with van der Waals surface area (Å²) in [7, 11) is 0. The van der Waals surface area contributed by atoms with Gasteiger partial charge in [-0.15, -0.1) is 0 Å². The largest absolute Gasteiger partial charge is 0.385 e. The summed E-state index contributed by atoms with van der Waals surface area (Å²) in [5.74, 6) is -0.0860. The SMILES string of the molecule is CCNc1cc(C)ccc1C(=O)NCc1cn[nH]c1. The van der Waals surface area contributed by atoms with Gasteiger partial charge in [0.15, 0.2) is 0 Å². The predicted molar refractivity (Wildman–Crippen MR) is 75.1 cm³/mol. The van der Waals surface area contributed by atoms with Crippen molar-refractivity contribution in [3.8, 4) is 0 Å². The number of aromatic nitrogens is 2. The molecule has 0 radical (unpaired) electrons. The first-order valence-electron chi connectivity index (χ1n) is 6.31. The molecule has 0 aliphatic heterocycles. The molecule has 0 saturated heterocycles. The third-order valence-corrected chi connectivity index (χ3v) is 2.79. The normalized spacial score (nSPS) is 10.2. The number of benzene rings is 1. The number of carbonyl (C=O) groups excluding carboxylic acids is 1. The molecular weight excluding hydrogens is 240 g/mol. The Kier molecular flexibility index (Phi) is 4.18. The summed E-state index contributed by atoms with van der Waals surface area (Å²) in [5.41, 5.74) is 3.61. The van der Waals surface area contributed by atoms with Crippen molar-refractivity contribution in [2.24, 2.45) is 0 Å². The van der Waals surface area contributed by atoms with E-state index in [1.165, 1.54) is 0 Å². The maximum absolute atomic E-state index is 12.2. The Balaban J connectivity index is 2.09. The number of aryl methyl sites for hydroxylation is 1. The standard InChI is InChI=1S/C14H18N4O/c1-3-15-13-6-10(2)4-5-12(13)14(19)16-7-11-8-17-18-9-11/h4-6,8-9,15H,3,7H2,1-2H3,(H,16,19)(H,17,18). The van der Waals surface area contributed by atoms with Gasteiger partial charge in [0, 0.05) is 30.5 Å². The van der Waals surface area contributed by atoms with Gasteiger partial charge in [-0.2, -0.15) is 5.10 Å². The number of nitrogens with one attached hydrogen (secondary N) is 3. The summed E-state index contributed by atoms with van der Waals surface area (Å²) in [5, 5.41) is 12.7. The molecule has 2 rings (SSSR count). The van der Waals surface area contributed by atoms with Crippen molar-refractivity contribution in [1.82, 2.24) is 15.5 Å². The fraction of sp³-hybridized carbons (Fsp3) is 0.286. The number of hydrogen-bond acceptors (Lipinski definition) is 3. The Morgan fingerprint density at radius 3 is 2.95 bits per heavy atom. The van der Waals surface area contributed by atoms with Crippen molar-refractivity contribution >= 4 is 11.6 Å². The van der Waals surface area contributed by atoms with Crippen molar-refractivity contribution in [3.63, 3.8) is 0 Å². The van der Waals surface area contributed by atoms with Crippen LogP contribution in [0.1, 0.15) is 28.4 Å². The highest BCUT2D eigenvalue weighted by Gasteiger charge is 2.11. The predicted octanol–water partition coefficient (Wildman–Crippen LogP) is 2.08. The monoisotopic (exact) mass is 258 g/mol. The molecule has 0 aliphatic rings. The highest BCUT2D eigenvalue weighted by Crippen LogP contribution is 2.17. The summed E-state index contributed by atoms with van der Waals surface area (Å²) in [4.78, 5) is 12.2. The number of rotatable bonds is 5. The Hall–Kier alpha value is -2.30. The second kappa shape index (κ2) is 6.04. The average Bonchev–Trinajstić information content (AvgIpc) is 2.90. The van der Waals surface area contributed by atoms with Crippen LogP contribution in [-0.2, 0) is 6.54 Å². The summed E-state index contributed by atoms with van der Waals surface area (Å²) >= 11 is 0. The lowest BCUT2D eigenvalue weighted by molar-refractivity contribution is 0.0951. The van der Waals surface area contributed by atoms with Gasteiger partial charge in [-0.3, -0.25) is 9.89 Å². The molecule has 100 valence electrons. The zero-order valence-corrected chi connectivity index (χ0v) is 11.2. The van der Waals surface area contributed by atoms with Crippen LogP contribution in [-0.4, -0.2) is 22.6 Å². The molecule has 5 heteroatoms. The zero-order valence-electron chi connectivity index (χ0n) is 11.2. The van der Waals surface area contributed by atoms with Crippen LogP contribution in [0.5, 0.6) is 0 Å². The quantitative estimate of drug-likeness (QED) is 0.769. The average molecular weight is 258 g/mol. The van der Waals surface area contributed by atoms with Crippen LogP contribution in [0.3, 0.4) is 0 Å². The number of anilines is 1. The van der Waals surface area contributed by atoms with Crippen LogP contribution < -0.4 is 10.6 Å². The van der Waals surface area contributed by atoms with Crippen molar-refractivity contribution in [2.75, 3.05) is 11.9 Å². The number of aromatic amines is 1. The molecule has 1 heterocycles. The van der Waals surface area contributed by atoms with E-state index in [-0.39, 0.29) is 5.91 Å². The van der Waals surface area contributed by atoms with Crippen LogP contribution in [0.4, 0.5) is 5.69 Å². The molecule has 19 heavy (non-hydrogen) atoms. The molecule has 0 fully saturated rings. The van der Waals surface area contributed by atoms with Crippen molar-refractivity contribution in [2.45, 2.75) is 20.4 Å². The molecule has 1 aromatic heterocycles. The van der Waals surface area contributed by atoms with E-state index in [1.807, 2.05) is 32.0 Å². The molecule has 0 aliphatic carbocycles. The molecule has 0 atom stereocenters. The van der Waals surface area contributed by atoms with E-state index < -0.39 is 0 Å². The molecule has 1 amide bonds. The van der Waals surface area contributed by atoms with E-state index >= 15 is 0 Å². The van der Waals surface area contributed by atoms with E-state index in [1.54, 1.807) is 12.4 Å². The molecule has 0 bridgehead atoms. The van der Waals surface area contributed by atoms with Crippen LogP contribution in [0.15, 0.2) is 30.6 Å². The Bertz CT molecular complexity index is 549. The number of hydrogen-bond donors (Lipinski definition) is 3. The lowest BCUT2D eigenvalue weighted by Crippen LogP contribution is -2.23. The van der Waals surface area contributed by atoms with Gasteiger partial charge < -0.3 is 10.6 Å². The smallest absolute Gasteiger partial charge is 0.253 e. The lowest BCUT2D eigenvalue weighted by atomic mass is 10.1. The van der Waals surface area contributed by atoms with Crippen LogP contribution in [0, 0.1) is 6.92 Å². The second-order valence-electron chi connectivity index (χ2n) is 4.37. The molecular formula is C14H18N4O. The topological polar surface area (TPSA) is 69.8 Å². The zero-order chi connectivity index (χ0) is 13.7. The van der Waals surface area contributed by atoms with Gasteiger partial charge in [-0.1, -0.05) is 6.07 Å². The van der Waals surface area contributed by atoms with E-state index in [4.69, 9.17) is 0 Å². The van der Waals surface area contributed by atoms with Crippen molar-refractivity contribution in [1.29, 1.82) is 0 Å². The molecule has 0 saturated carbocycles. The van der Waals surface area contributed by atoms with Gasteiger partial charge in [0.25, 0.3) is 5.91 Å². The van der Waals surface area contributed by atoms with E-state index in [9.17, 15) is 4.79 Å². The van der Waals surface area contributed by atoms with Gasteiger partial charge in [-0.05, 0) is 31.5 Å². The Morgan fingerprint density at radius 1 is 1.42 bits per heavy atom. The fourth-order valence-corrected chi connectivity index (χ4v) is 1.84. The van der Waals surface area contributed by atoms with Crippen molar-refractivity contribution < 1.29 is 4.79 Å². The Labute approximate surface area is 112 Å². The second-order valence-corrected chi connectivity index (χ2v) is 4.37. The van der Waals surface area contributed by atoms with Gasteiger partial charge in [-0.25, -0.2) is 0 Å². The summed E-state index contributed by atoms with van der Waals surface area (Å²) in [6.07, 6.45) is 3.46. The first kappa shape index (κ1) is 13.1. The third kappa shape index (κ3) is 3.34. The first-order chi connectivity index (χ1) is 9.20. The Morgan fingerprint density at radius 2 is 2.26 bits per heavy atom. The minimum Gasteiger partial charge on any atom is -0.385 e. The summed E-state index contributed by atoms with van der Waals surface area (Å²) in [6, 6.07) is 5.77. The van der Waals surface area contributed by atoms with E-state index in [0.29, 0.717) is 12.1 Å². The maximum Gasteiger partial charge on any atom is 0.253 e. The molecule has 2 aromatic rings. The van der Waals surface area contributed by atoms with Gasteiger partial charge in [0.2, 0.25) is 0 Å². The van der Waals surface area contributed by atoms with Gasteiger partial charge >= 0.3 is 0 Å². The number of amides is 1. The third-order valence-electron chi connectivity index (χ3n) is 2.79. The van der Waals surface area contributed by atoms with Crippen LogP contribution in [0.2, 0.25) is 0 Å². The number of carbonyl (C=O) groups is 1. The molecule has 1 aromatic carbocycles. The van der Waals surface area contributed by atoms with E-state index in [2.05, 4.69) is 20.8 Å². The highest BCUT2D eigenvalue weighted by molar-refractivity contribution is 5.99. The van der Waals surface area contributed by atoms with Crippen LogP contribution >= 0.6 is 0 Å². The molecule has 3 N–H and O–H groups in total. The van der Waals surface area contributed by atoms with E-state index in [0.717, 1.165) is 23.4 Å². The first-order valence-corrected chi connectivity index (χ1v) is 6.31. The molecule has 0 unspecified atom stereocenters. The summed E-state index contributed by atoms with van der Waals surface area (Å²) < 4.78 is 0. The minimum absolute atomic E-state index is 0.0860. The number of nitrogens with zero attached hydrogens (tertiary/aromatic N) is 1. The van der Waals surface area contributed by atoms with Crippen molar-refractivity contribution in [3.05, 3.63) is 47.3 Å². The van der Waals surface area contributed by atoms with Crippen LogP contribution in [0.25, 0.3) is 0 Å². The maximum atomic E-state index is 12.2. The number of H-pyrrole nitrogens is 1. The minimum atomic E-state index is -0.0860. The molecule has 0 spiro atoms. The highest BCUT2D eigenvalue weighted by atomic mass is 16.1. The lowest BCUT2D eigenvalue weighted by Gasteiger charge is -2.11. The van der Waals surface area contributed by atoms with Gasteiger partial charge in [0.1, 0.15) is 0 Å². The van der Waals surface area contributed by atoms with Gasteiger partial charge in [0.05, 0.1) is 11.8 Å². The molecule has 5 nitrogen and oxygen atoms in total. The summed E-state index contributed by atoms with van der Waals surface area (Å²) in [6.45, 7) is 5.27. The fourth-order valence-electron chi connectivity index (χ4n) is 1.84.